The number of carbonyl (C=O) groups is 1. The Kier molecular flexibility index (Phi) is 3.72. The van der Waals surface area contributed by atoms with E-state index in [2.05, 4.69) is 0 Å². The molecule has 0 aromatic heterocycles. The zero-order valence-corrected chi connectivity index (χ0v) is 9.36. The van der Waals surface area contributed by atoms with Crippen molar-refractivity contribution in [1.82, 2.24) is 0 Å². The minimum absolute atomic E-state index is 0.199. The predicted molar refractivity (Wildman–Crippen MR) is 60.4 cm³/mol. The SMILES string of the molecule is COC(=O)[C@@H](c1ccc(N)cc1)C(C)C. The largest absolute Gasteiger partial charge is 0.469 e. The lowest BCUT2D eigenvalue weighted by molar-refractivity contribution is -0.143. The number of hydrogen-bond acceptors (Lipinski definition) is 3. The number of nitrogens with two attached hydrogens (primary N) is 1. The second-order valence-corrected chi connectivity index (χ2v) is 3.91. The fourth-order valence-electron chi connectivity index (χ4n) is 1.62. The van der Waals surface area contributed by atoms with Gasteiger partial charge in [0, 0.05) is 5.69 Å². The van der Waals surface area contributed by atoms with E-state index in [-0.39, 0.29) is 17.8 Å². The molecule has 1 aromatic carbocycles. The first-order valence-corrected chi connectivity index (χ1v) is 4.99. The van der Waals surface area contributed by atoms with E-state index in [1.165, 1.54) is 7.11 Å². The van der Waals surface area contributed by atoms with Gasteiger partial charge in [-0.1, -0.05) is 26.0 Å². The van der Waals surface area contributed by atoms with Crippen LogP contribution in [0.5, 0.6) is 0 Å². The highest BCUT2D eigenvalue weighted by Gasteiger charge is 2.24. The van der Waals surface area contributed by atoms with Crippen molar-refractivity contribution >= 4 is 11.7 Å². The minimum Gasteiger partial charge on any atom is -0.469 e. The van der Waals surface area contributed by atoms with Gasteiger partial charge in [-0.2, -0.15) is 0 Å². The third-order valence-electron chi connectivity index (χ3n) is 2.42. The first kappa shape index (κ1) is 11.6. The summed E-state index contributed by atoms with van der Waals surface area (Å²) in [7, 11) is 1.41. The van der Waals surface area contributed by atoms with Crippen LogP contribution in [0.15, 0.2) is 24.3 Å². The van der Waals surface area contributed by atoms with Gasteiger partial charge < -0.3 is 10.5 Å². The lowest BCUT2D eigenvalue weighted by atomic mass is 9.88. The summed E-state index contributed by atoms with van der Waals surface area (Å²) in [6.07, 6.45) is 0. The molecule has 0 saturated carbocycles. The Morgan fingerprint density at radius 3 is 2.20 bits per heavy atom. The number of hydrogen-bond donors (Lipinski definition) is 1. The van der Waals surface area contributed by atoms with Crippen LogP contribution in [0, 0.1) is 5.92 Å². The van der Waals surface area contributed by atoms with Crippen LogP contribution in [0.2, 0.25) is 0 Å². The van der Waals surface area contributed by atoms with E-state index in [9.17, 15) is 4.79 Å². The van der Waals surface area contributed by atoms with E-state index in [1.54, 1.807) is 12.1 Å². The molecule has 0 radical (unpaired) electrons. The molecular formula is C12H17NO2. The van der Waals surface area contributed by atoms with Crippen molar-refractivity contribution in [3.63, 3.8) is 0 Å². The number of ether oxygens (including phenoxy) is 1. The third kappa shape index (κ3) is 2.72. The fourth-order valence-corrected chi connectivity index (χ4v) is 1.62. The standard InChI is InChI=1S/C12H17NO2/c1-8(2)11(12(14)15-3)9-4-6-10(13)7-5-9/h4-8,11H,13H2,1-3H3/t11-/m1/s1. The molecule has 0 spiro atoms. The van der Waals surface area contributed by atoms with Crippen LogP contribution < -0.4 is 5.73 Å². The Balaban J connectivity index is 2.99. The summed E-state index contributed by atoms with van der Waals surface area (Å²) in [5.74, 6) is -0.202. The first-order valence-electron chi connectivity index (χ1n) is 4.99. The molecule has 3 nitrogen and oxygen atoms in total. The molecule has 2 N–H and O–H groups in total. The van der Waals surface area contributed by atoms with E-state index in [0.29, 0.717) is 5.69 Å². The van der Waals surface area contributed by atoms with E-state index < -0.39 is 0 Å². The number of benzene rings is 1. The molecule has 3 heteroatoms. The number of rotatable bonds is 3. The van der Waals surface area contributed by atoms with Gasteiger partial charge in [-0.15, -0.1) is 0 Å². The minimum atomic E-state index is -0.212. The number of methoxy groups -OCH3 is 1. The molecule has 0 unspecified atom stereocenters. The Bertz CT molecular complexity index is 330. The number of carbonyl (C=O) groups excluding carboxylic acids is 1. The lowest BCUT2D eigenvalue weighted by Gasteiger charge is -2.18. The number of esters is 1. The van der Waals surface area contributed by atoms with Gasteiger partial charge in [-0.05, 0) is 23.6 Å². The van der Waals surface area contributed by atoms with Crippen molar-refractivity contribution < 1.29 is 9.53 Å². The Morgan fingerprint density at radius 1 is 1.27 bits per heavy atom. The van der Waals surface area contributed by atoms with Gasteiger partial charge in [-0.3, -0.25) is 4.79 Å². The normalized spacial score (nSPS) is 12.5. The maximum absolute atomic E-state index is 11.6. The van der Waals surface area contributed by atoms with Gasteiger partial charge in [-0.25, -0.2) is 0 Å². The van der Waals surface area contributed by atoms with E-state index >= 15 is 0 Å². The van der Waals surface area contributed by atoms with Crippen molar-refractivity contribution in [2.75, 3.05) is 12.8 Å². The quantitative estimate of drug-likeness (QED) is 0.610. The second-order valence-electron chi connectivity index (χ2n) is 3.91. The summed E-state index contributed by atoms with van der Waals surface area (Å²) in [5.41, 5.74) is 7.25. The lowest BCUT2D eigenvalue weighted by Crippen LogP contribution is -2.19. The molecule has 1 rings (SSSR count). The molecule has 0 fully saturated rings. The zero-order valence-electron chi connectivity index (χ0n) is 9.36. The maximum Gasteiger partial charge on any atom is 0.313 e. The molecule has 0 aliphatic heterocycles. The summed E-state index contributed by atoms with van der Waals surface area (Å²) in [4.78, 5) is 11.6. The molecular weight excluding hydrogens is 190 g/mol. The van der Waals surface area contributed by atoms with Crippen LogP contribution in [0.4, 0.5) is 5.69 Å². The van der Waals surface area contributed by atoms with Crippen molar-refractivity contribution in [2.45, 2.75) is 19.8 Å². The highest BCUT2D eigenvalue weighted by atomic mass is 16.5. The summed E-state index contributed by atoms with van der Waals surface area (Å²) in [6, 6.07) is 7.34. The number of anilines is 1. The summed E-state index contributed by atoms with van der Waals surface area (Å²) in [5, 5.41) is 0. The van der Waals surface area contributed by atoms with Crippen molar-refractivity contribution in [1.29, 1.82) is 0 Å². The Morgan fingerprint density at radius 2 is 1.80 bits per heavy atom. The van der Waals surface area contributed by atoms with Crippen LogP contribution in [-0.4, -0.2) is 13.1 Å². The Labute approximate surface area is 90.2 Å². The predicted octanol–water partition coefficient (Wildman–Crippen LogP) is 2.18. The van der Waals surface area contributed by atoms with Crippen LogP contribution in [0.25, 0.3) is 0 Å². The molecule has 1 atom stereocenters. The maximum atomic E-state index is 11.6. The van der Waals surface area contributed by atoms with E-state index in [1.807, 2.05) is 26.0 Å². The van der Waals surface area contributed by atoms with Crippen LogP contribution >= 0.6 is 0 Å². The zero-order chi connectivity index (χ0) is 11.4. The van der Waals surface area contributed by atoms with Gasteiger partial charge in [0.15, 0.2) is 0 Å². The molecule has 15 heavy (non-hydrogen) atoms. The Hall–Kier alpha value is -1.51. The highest BCUT2D eigenvalue weighted by molar-refractivity contribution is 5.78. The van der Waals surface area contributed by atoms with Crippen molar-refractivity contribution in [2.24, 2.45) is 5.92 Å². The molecule has 0 heterocycles. The molecule has 0 aliphatic carbocycles. The van der Waals surface area contributed by atoms with Crippen LogP contribution in [0.3, 0.4) is 0 Å². The molecule has 0 saturated heterocycles. The van der Waals surface area contributed by atoms with Crippen LogP contribution in [-0.2, 0) is 9.53 Å². The molecule has 0 amide bonds. The van der Waals surface area contributed by atoms with Gasteiger partial charge in [0.05, 0.1) is 13.0 Å². The van der Waals surface area contributed by atoms with E-state index in [0.717, 1.165) is 5.56 Å². The highest BCUT2D eigenvalue weighted by Crippen LogP contribution is 2.26. The molecule has 0 aliphatic rings. The van der Waals surface area contributed by atoms with Crippen molar-refractivity contribution in [3.05, 3.63) is 29.8 Å². The van der Waals surface area contributed by atoms with Gasteiger partial charge in [0.2, 0.25) is 0 Å². The smallest absolute Gasteiger partial charge is 0.313 e. The molecule has 82 valence electrons. The third-order valence-corrected chi connectivity index (χ3v) is 2.42. The number of nitrogen functional groups attached to an aromatic ring is 1. The second kappa shape index (κ2) is 4.82. The van der Waals surface area contributed by atoms with Gasteiger partial charge in [0.25, 0.3) is 0 Å². The van der Waals surface area contributed by atoms with E-state index in [4.69, 9.17) is 10.5 Å². The monoisotopic (exact) mass is 207 g/mol. The van der Waals surface area contributed by atoms with Gasteiger partial charge >= 0.3 is 5.97 Å². The van der Waals surface area contributed by atoms with Crippen LogP contribution in [0.1, 0.15) is 25.3 Å². The summed E-state index contributed by atoms with van der Waals surface area (Å²) >= 11 is 0. The topological polar surface area (TPSA) is 52.3 Å². The average molecular weight is 207 g/mol. The summed E-state index contributed by atoms with van der Waals surface area (Å²) < 4.78 is 4.79. The molecule has 1 aromatic rings. The van der Waals surface area contributed by atoms with Gasteiger partial charge in [0.1, 0.15) is 0 Å². The van der Waals surface area contributed by atoms with Crippen molar-refractivity contribution in [3.8, 4) is 0 Å². The molecule has 0 bridgehead atoms. The average Bonchev–Trinajstić information content (AvgIpc) is 2.20. The summed E-state index contributed by atoms with van der Waals surface area (Å²) in [6.45, 7) is 4.00. The fraction of sp³-hybridized carbons (Fsp3) is 0.417. The first-order chi connectivity index (χ1) is 7.06.